The summed E-state index contributed by atoms with van der Waals surface area (Å²) in [6.45, 7) is 3.44. The largest absolute Gasteiger partial charge is 0.478 e. The fourth-order valence-electron chi connectivity index (χ4n) is 1.44. The van der Waals surface area contributed by atoms with E-state index in [1.807, 2.05) is 30.3 Å². The second kappa shape index (κ2) is 8.53. The molecule has 0 atom stereocenters. The van der Waals surface area contributed by atoms with Crippen LogP contribution in [0, 0.1) is 0 Å². The number of allylic oxidation sites excluding steroid dienone is 2. The zero-order valence-corrected chi connectivity index (χ0v) is 12.1. The molecule has 0 aliphatic rings. The molecule has 0 radical (unpaired) electrons. The number of carbonyl (C=O) groups is 2. The topological polar surface area (TPSA) is 63.6 Å². The van der Waals surface area contributed by atoms with Crippen LogP contribution in [0.1, 0.15) is 19.4 Å². The molecule has 4 heteroatoms. The first-order chi connectivity index (χ1) is 10.0. The lowest BCUT2D eigenvalue weighted by Gasteiger charge is -2.02. The summed E-state index contributed by atoms with van der Waals surface area (Å²) in [7, 11) is 0. The molecule has 4 nitrogen and oxygen atoms in total. The number of hydrogen-bond acceptors (Lipinski definition) is 3. The standard InChI is InChI=1S/C17H18O4/c1-3-21-17(20)15(11-9-13(2)16(18)19)12-10-14-7-5-4-6-8-14/h4-12H,3H2,1-2H3,(H,18,19). The first-order valence-electron chi connectivity index (χ1n) is 6.56. The molecule has 0 fully saturated rings. The average Bonchev–Trinajstić information content (AvgIpc) is 2.48. The predicted molar refractivity (Wildman–Crippen MR) is 81.6 cm³/mol. The summed E-state index contributed by atoms with van der Waals surface area (Å²) < 4.78 is 4.95. The van der Waals surface area contributed by atoms with Gasteiger partial charge in [-0.3, -0.25) is 0 Å². The van der Waals surface area contributed by atoms with Gasteiger partial charge in [-0.1, -0.05) is 42.5 Å². The average molecular weight is 286 g/mol. The van der Waals surface area contributed by atoms with Crippen LogP contribution in [0.4, 0.5) is 0 Å². The van der Waals surface area contributed by atoms with E-state index >= 15 is 0 Å². The normalized spacial score (nSPS) is 12.5. The third-order valence-corrected chi connectivity index (χ3v) is 2.62. The Morgan fingerprint density at radius 3 is 2.43 bits per heavy atom. The number of ether oxygens (including phenoxy) is 1. The van der Waals surface area contributed by atoms with Crippen molar-refractivity contribution in [1.82, 2.24) is 0 Å². The van der Waals surface area contributed by atoms with Gasteiger partial charge in [-0.2, -0.15) is 0 Å². The summed E-state index contributed by atoms with van der Waals surface area (Å²) in [6.07, 6.45) is 6.20. The molecule has 1 rings (SSSR count). The van der Waals surface area contributed by atoms with Crippen LogP contribution in [0.3, 0.4) is 0 Å². The maximum absolute atomic E-state index is 11.8. The number of esters is 1. The van der Waals surface area contributed by atoms with Crippen molar-refractivity contribution >= 4 is 18.0 Å². The summed E-state index contributed by atoms with van der Waals surface area (Å²) in [5.74, 6) is -1.51. The van der Waals surface area contributed by atoms with Crippen molar-refractivity contribution in [2.45, 2.75) is 13.8 Å². The minimum Gasteiger partial charge on any atom is -0.478 e. The number of carboxylic acid groups (broad SMARTS) is 1. The molecule has 0 amide bonds. The van der Waals surface area contributed by atoms with Gasteiger partial charge in [0.25, 0.3) is 0 Å². The van der Waals surface area contributed by atoms with Gasteiger partial charge in [0.2, 0.25) is 0 Å². The molecule has 1 aromatic carbocycles. The molecule has 110 valence electrons. The predicted octanol–water partition coefficient (Wildman–Crippen LogP) is 3.22. The molecule has 0 saturated heterocycles. The third-order valence-electron chi connectivity index (χ3n) is 2.62. The number of carboxylic acids is 1. The summed E-state index contributed by atoms with van der Waals surface area (Å²) in [4.78, 5) is 22.6. The van der Waals surface area contributed by atoms with Crippen LogP contribution in [0.5, 0.6) is 0 Å². The van der Waals surface area contributed by atoms with Gasteiger partial charge in [-0.25, -0.2) is 9.59 Å². The smallest absolute Gasteiger partial charge is 0.338 e. The molecular formula is C17H18O4. The van der Waals surface area contributed by atoms with Gasteiger partial charge in [0.15, 0.2) is 0 Å². The summed E-state index contributed by atoms with van der Waals surface area (Å²) in [6, 6.07) is 9.48. The molecule has 0 aliphatic heterocycles. The molecule has 1 N–H and O–H groups in total. The Labute approximate surface area is 124 Å². The molecule has 0 aromatic heterocycles. The molecule has 0 heterocycles. The number of hydrogen-bond donors (Lipinski definition) is 1. The number of carbonyl (C=O) groups excluding carboxylic acids is 1. The van der Waals surface area contributed by atoms with Crippen molar-refractivity contribution in [3.8, 4) is 0 Å². The monoisotopic (exact) mass is 286 g/mol. The SMILES string of the molecule is CCOC(=O)C(C=Cc1ccccc1)=CC=C(C)C(=O)O. The van der Waals surface area contributed by atoms with Crippen LogP contribution in [0.25, 0.3) is 6.08 Å². The van der Waals surface area contributed by atoms with Gasteiger partial charge in [0.05, 0.1) is 12.2 Å². The van der Waals surface area contributed by atoms with Gasteiger partial charge in [-0.05, 0) is 31.6 Å². The van der Waals surface area contributed by atoms with Crippen molar-refractivity contribution in [2.24, 2.45) is 0 Å². The highest BCUT2D eigenvalue weighted by molar-refractivity contribution is 5.94. The molecule has 0 saturated carbocycles. The Morgan fingerprint density at radius 2 is 1.86 bits per heavy atom. The van der Waals surface area contributed by atoms with Crippen LogP contribution in [0.2, 0.25) is 0 Å². The van der Waals surface area contributed by atoms with Crippen molar-refractivity contribution < 1.29 is 19.4 Å². The van der Waals surface area contributed by atoms with Gasteiger partial charge in [0, 0.05) is 5.57 Å². The highest BCUT2D eigenvalue weighted by Crippen LogP contribution is 2.08. The zero-order valence-electron chi connectivity index (χ0n) is 12.1. The third kappa shape index (κ3) is 5.91. The lowest BCUT2D eigenvalue weighted by Crippen LogP contribution is -2.06. The minimum absolute atomic E-state index is 0.143. The van der Waals surface area contributed by atoms with Crippen LogP contribution in [-0.2, 0) is 14.3 Å². The second-order valence-electron chi connectivity index (χ2n) is 4.24. The van der Waals surface area contributed by atoms with Crippen molar-refractivity contribution in [2.75, 3.05) is 6.61 Å². The van der Waals surface area contributed by atoms with Crippen LogP contribution < -0.4 is 0 Å². The van der Waals surface area contributed by atoms with Crippen LogP contribution in [-0.4, -0.2) is 23.7 Å². The van der Waals surface area contributed by atoms with E-state index in [0.717, 1.165) is 5.56 Å². The summed E-state index contributed by atoms with van der Waals surface area (Å²) in [5.41, 5.74) is 1.37. The first-order valence-corrected chi connectivity index (χ1v) is 6.56. The van der Waals surface area contributed by atoms with Crippen molar-refractivity contribution in [1.29, 1.82) is 0 Å². The lowest BCUT2D eigenvalue weighted by atomic mass is 10.1. The van der Waals surface area contributed by atoms with E-state index in [1.165, 1.54) is 19.1 Å². The Morgan fingerprint density at radius 1 is 1.19 bits per heavy atom. The van der Waals surface area contributed by atoms with E-state index in [-0.39, 0.29) is 12.2 Å². The zero-order chi connectivity index (χ0) is 15.7. The maximum Gasteiger partial charge on any atom is 0.338 e. The molecule has 0 aliphatic carbocycles. The van der Waals surface area contributed by atoms with Crippen LogP contribution in [0.15, 0.2) is 59.7 Å². The summed E-state index contributed by atoms with van der Waals surface area (Å²) >= 11 is 0. The first kappa shape index (κ1) is 16.4. The molecule has 0 spiro atoms. The van der Waals surface area contributed by atoms with E-state index in [0.29, 0.717) is 5.57 Å². The quantitative estimate of drug-likeness (QED) is 0.495. The molecule has 1 aromatic rings. The Kier molecular flexibility index (Phi) is 6.68. The Bertz CT molecular complexity index is 580. The number of aliphatic carboxylic acids is 1. The Balaban J connectivity index is 3.00. The van der Waals surface area contributed by atoms with Gasteiger partial charge in [-0.15, -0.1) is 0 Å². The Hall–Kier alpha value is -2.62. The fraction of sp³-hybridized carbons (Fsp3) is 0.176. The van der Waals surface area contributed by atoms with Crippen LogP contribution >= 0.6 is 0 Å². The van der Waals surface area contributed by atoms with E-state index in [9.17, 15) is 9.59 Å². The van der Waals surface area contributed by atoms with Gasteiger partial charge < -0.3 is 9.84 Å². The van der Waals surface area contributed by atoms with Crippen molar-refractivity contribution in [3.63, 3.8) is 0 Å². The van der Waals surface area contributed by atoms with Gasteiger partial charge in [0.1, 0.15) is 0 Å². The molecular weight excluding hydrogens is 268 g/mol. The van der Waals surface area contributed by atoms with Gasteiger partial charge >= 0.3 is 11.9 Å². The van der Waals surface area contributed by atoms with E-state index in [1.54, 1.807) is 19.1 Å². The highest BCUT2D eigenvalue weighted by atomic mass is 16.5. The maximum atomic E-state index is 11.8. The number of rotatable bonds is 6. The molecule has 21 heavy (non-hydrogen) atoms. The van der Waals surface area contributed by atoms with E-state index < -0.39 is 11.9 Å². The fourth-order valence-corrected chi connectivity index (χ4v) is 1.44. The molecule has 0 unspecified atom stereocenters. The van der Waals surface area contributed by atoms with Crippen molar-refractivity contribution in [3.05, 3.63) is 65.3 Å². The lowest BCUT2D eigenvalue weighted by molar-refractivity contribution is -0.138. The summed E-state index contributed by atoms with van der Waals surface area (Å²) in [5, 5.41) is 8.81. The second-order valence-corrected chi connectivity index (χ2v) is 4.24. The number of benzene rings is 1. The highest BCUT2D eigenvalue weighted by Gasteiger charge is 2.06. The molecule has 0 bridgehead atoms. The van der Waals surface area contributed by atoms with E-state index in [4.69, 9.17) is 9.84 Å². The minimum atomic E-state index is -1.03. The van der Waals surface area contributed by atoms with E-state index in [2.05, 4.69) is 0 Å².